The van der Waals surface area contributed by atoms with Gasteiger partial charge in [0.2, 0.25) is 15.9 Å². The second kappa shape index (κ2) is 9.22. The maximum atomic E-state index is 14.0. The molecule has 1 fully saturated rings. The molecule has 2 aromatic rings. The summed E-state index contributed by atoms with van der Waals surface area (Å²) in [6, 6.07) is 9.41. The lowest BCUT2D eigenvalue weighted by molar-refractivity contribution is -0.131. The van der Waals surface area contributed by atoms with Crippen molar-refractivity contribution in [2.75, 3.05) is 50.0 Å². The number of nitrogens with zero attached hydrogens (tertiary/aromatic N) is 3. The first kappa shape index (κ1) is 24.0. The van der Waals surface area contributed by atoms with Crippen molar-refractivity contribution in [3.63, 3.8) is 0 Å². The molecule has 0 spiro atoms. The molecule has 182 valence electrons. The molecule has 9 nitrogen and oxygen atoms in total. The summed E-state index contributed by atoms with van der Waals surface area (Å²) in [5.41, 5.74) is 1.32. The van der Waals surface area contributed by atoms with Crippen LogP contribution in [0.25, 0.3) is 0 Å². The zero-order valence-electron chi connectivity index (χ0n) is 19.2. The number of hydrogen-bond donors (Lipinski definition) is 1. The first-order valence-electron chi connectivity index (χ1n) is 10.9. The van der Waals surface area contributed by atoms with Crippen LogP contribution in [0.4, 0.5) is 15.8 Å². The highest BCUT2D eigenvalue weighted by Crippen LogP contribution is 2.35. The summed E-state index contributed by atoms with van der Waals surface area (Å²) < 4.78 is 47.1. The van der Waals surface area contributed by atoms with Crippen LogP contribution in [0.1, 0.15) is 12.5 Å². The van der Waals surface area contributed by atoms with Crippen molar-refractivity contribution in [1.82, 2.24) is 9.21 Å². The molecule has 2 aliphatic heterocycles. The molecule has 0 radical (unpaired) electrons. The Morgan fingerprint density at radius 3 is 2.56 bits per heavy atom. The van der Waals surface area contributed by atoms with E-state index in [-0.39, 0.29) is 34.8 Å². The van der Waals surface area contributed by atoms with Crippen LogP contribution in [0, 0.1) is 12.7 Å². The standard InChI is InChI=1S/C23H27FN4O5S/c1-15-12-18-20(33-16(2)23(30)25-18)13-21(15)34(31,32)26(3)14-22(29)28-10-8-27(9-11-28)19-7-5-4-6-17(19)24/h4-7,12-13,16H,8-11,14H2,1-3H3,(H,25,30)/t16-/m0/s1. The van der Waals surface area contributed by atoms with Crippen molar-refractivity contribution >= 4 is 33.2 Å². The van der Waals surface area contributed by atoms with E-state index in [1.54, 1.807) is 43.0 Å². The van der Waals surface area contributed by atoms with Gasteiger partial charge in [0.05, 0.1) is 22.8 Å². The Balaban J connectivity index is 1.43. The fraction of sp³-hybridized carbons (Fsp3) is 0.391. The molecule has 0 bridgehead atoms. The van der Waals surface area contributed by atoms with Gasteiger partial charge in [0.25, 0.3) is 5.91 Å². The number of carbonyl (C=O) groups excluding carboxylic acids is 2. The average molecular weight is 491 g/mol. The highest BCUT2D eigenvalue weighted by molar-refractivity contribution is 7.89. The van der Waals surface area contributed by atoms with Gasteiger partial charge in [-0.3, -0.25) is 9.59 Å². The van der Waals surface area contributed by atoms with Crippen LogP contribution in [-0.2, 0) is 19.6 Å². The van der Waals surface area contributed by atoms with Gasteiger partial charge in [0.1, 0.15) is 11.6 Å². The number of amides is 2. The average Bonchev–Trinajstić information content (AvgIpc) is 2.80. The third kappa shape index (κ3) is 4.58. The van der Waals surface area contributed by atoms with Crippen molar-refractivity contribution in [3.05, 3.63) is 47.8 Å². The summed E-state index contributed by atoms with van der Waals surface area (Å²) in [4.78, 5) is 28.1. The lowest BCUT2D eigenvalue weighted by Crippen LogP contribution is -2.51. The number of benzene rings is 2. The summed E-state index contributed by atoms with van der Waals surface area (Å²) >= 11 is 0. The van der Waals surface area contributed by atoms with Crippen LogP contribution in [0.15, 0.2) is 41.3 Å². The summed E-state index contributed by atoms with van der Waals surface area (Å²) in [7, 11) is -2.64. The van der Waals surface area contributed by atoms with Crippen molar-refractivity contribution in [3.8, 4) is 5.75 Å². The molecule has 0 saturated carbocycles. The molecule has 1 N–H and O–H groups in total. The molecule has 1 atom stereocenters. The number of hydrogen-bond acceptors (Lipinski definition) is 6. The van der Waals surface area contributed by atoms with Gasteiger partial charge in [-0.1, -0.05) is 12.1 Å². The maximum Gasteiger partial charge on any atom is 0.265 e. The summed E-state index contributed by atoms with van der Waals surface area (Å²) in [5.74, 6) is -0.681. The highest BCUT2D eigenvalue weighted by Gasteiger charge is 2.31. The molecule has 0 aliphatic carbocycles. The van der Waals surface area contributed by atoms with Crippen LogP contribution in [-0.4, -0.2) is 75.3 Å². The number of carbonyl (C=O) groups is 2. The van der Waals surface area contributed by atoms with Gasteiger partial charge in [-0.2, -0.15) is 4.31 Å². The van der Waals surface area contributed by atoms with E-state index >= 15 is 0 Å². The highest BCUT2D eigenvalue weighted by atomic mass is 32.2. The number of anilines is 2. The van der Waals surface area contributed by atoms with Gasteiger partial charge >= 0.3 is 0 Å². The predicted molar refractivity (Wildman–Crippen MR) is 125 cm³/mol. The van der Waals surface area contributed by atoms with Crippen molar-refractivity contribution in [2.45, 2.75) is 24.8 Å². The van der Waals surface area contributed by atoms with Gasteiger partial charge in [-0.15, -0.1) is 0 Å². The molecule has 0 unspecified atom stereocenters. The van der Waals surface area contributed by atoms with Crippen LogP contribution < -0.4 is 15.0 Å². The number of halogens is 1. The van der Waals surface area contributed by atoms with Crippen molar-refractivity contribution in [2.24, 2.45) is 0 Å². The second-order valence-corrected chi connectivity index (χ2v) is 10.5. The number of para-hydroxylation sites is 1. The molecular weight excluding hydrogens is 463 g/mol. The molecule has 2 aliphatic rings. The van der Waals surface area contributed by atoms with Crippen molar-refractivity contribution in [1.29, 1.82) is 0 Å². The van der Waals surface area contributed by atoms with Crippen molar-refractivity contribution < 1.29 is 27.1 Å². The molecular formula is C23H27FN4O5S. The Morgan fingerprint density at radius 1 is 1.21 bits per heavy atom. The van der Waals surface area contributed by atoms with Crippen LogP contribution in [0.2, 0.25) is 0 Å². The first-order chi connectivity index (χ1) is 16.1. The van der Waals surface area contributed by atoms with E-state index in [4.69, 9.17) is 4.74 Å². The third-order valence-corrected chi connectivity index (χ3v) is 8.03. The lowest BCUT2D eigenvalue weighted by atomic mass is 10.1. The minimum absolute atomic E-state index is 0.00858. The molecule has 2 heterocycles. The molecule has 0 aromatic heterocycles. The number of rotatable bonds is 5. The summed E-state index contributed by atoms with van der Waals surface area (Å²) in [6.07, 6.45) is -0.743. The van der Waals surface area contributed by atoms with E-state index in [0.29, 0.717) is 43.1 Å². The Labute approximate surface area is 198 Å². The Hall–Kier alpha value is -3.18. The molecule has 2 amide bonds. The quantitative estimate of drug-likeness (QED) is 0.687. The van der Waals surface area contributed by atoms with Crippen LogP contribution in [0.3, 0.4) is 0 Å². The number of piperazine rings is 1. The number of aryl methyl sites for hydroxylation is 1. The zero-order chi connectivity index (χ0) is 24.6. The Bertz CT molecular complexity index is 1230. The molecule has 2 aromatic carbocycles. The Kier molecular flexibility index (Phi) is 6.50. The lowest BCUT2D eigenvalue weighted by Gasteiger charge is -2.36. The smallest absolute Gasteiger partial charge is 0.265 e. The minimum atomic E-state index is -3.99. The number of ether oxygens (including phenoxy) is 1. The fourth-order valence-electron chi connectivity index (χ4n) is 4.07. The van der Waals surface area contributed by atoms with E-state index in [0.717, 1.165) is 4.31 Å². The number of nitrogens with one attached hydrogen (secondary N) is 1. The summed E-state index contributed by atoms with van der Waals surface area (Å²) in [5, 5.41) is 2.69. The maximum absolute atomic E-state index is 14.0. The molecule has 1 saturated heterocycles. The molecule has 11 heteroatoms. The molecule has 4 rings (SSSR count). The number of likely N-dealkylation sites (N-methyl/N-ethyl adjacent to an activating group) is 1. The summed E-state index contributed by atoms with van der Waals surface area (Å²) in [6.45, 7) is 4.50. The topological polar surface area (TPSA) is 99.3 Å². The van der Waals surface area contributed by atoms with E-state index in [1.807, 2.05) is 4.90 Å². The fourth-order valence-corrected chi connectivity index (χ4v) is 5.41. The van der Waals surface area contributed by atoms with Crippen LogP contribution >= 0.6 is 0 Å². The van der Waals surface area contributed by atoms with Gasteiger partial charge in [0, 0.05) is 39.3 Å². The second-order valence-electron chi connectivity index (χ2n) is 8.44. The van der Waals surface area contributed by atoms with E-state index in [2.05, 4.69) is 5.32 Å². The van der Waals surface area contributed by atoms with E-state index < -0.39 is 16.1 Å². The predicted octanol–water partition coefficient (Wildman–Crippen LogP) is 1.82. The number of fused-ring (bicyclic) bond motifs is 1. The number of sulfonamides is 1. The van der Waals surface area contributed by atoms with Gasteiger partial charge in [0.15, 0.2) is 6.10 Å². The minimum Gasteiger partial charge on any atom is -0.479 e. The van der Waals surface area contributed by atoms with E-state index in [9.17, 15) is 22.4 Å². The SMILES string of the molecule is Cc1cc2c(cc1S(=O)(=O)N(C)CC(=O)N1CCN(c3ccccc3F)CC1)O[C@@H](C)C(=O)N2. The molecule has 34 heavy (non-hydrogen) atoms. The van der Waals surface area contributed by atoms with Gasteiger partial charge in [-0.25, -0.2) is 12.8 Å². The van der Waals surface area contributed by atoms with Gasteiger partial charge < -0.3 is 19.9 Å². The normalized spacial score (nSPS) is 18.4. The Morgan fingerprint density at radius 2 is 1.88 bits per heavy atom. The van der Waals surface area contributed by atoms with E-state index in [1.165, 1.54) is 19.2 Å². The zero-order valence-corrected chi connectivity index (χ0v) is 20.1. The van der Waals surface area contributed by atoms with Gasteiger partial charge in [-0.05, 0) is 37.6 Å². The largest absolute Gasteiger partial charge is 0.479 e. The monoisotopic (exact) mass is 490 g/mol. The third-order valence-electron chi connectivity index (χ3n) is 6.08. The van der Waals surface area contributed by atoms with Crippen LogP contribution in [0.5, 0.6) is 5.75 Å². The first-order valence-corrected chi connectivity index (χ1v) is 12.4.